The summed E-state index contributed by atoms with van der Waals surface area (Å²) in [6.07, 6.45) is 35.6. The summed E-state index contributed by atoms with van der Waals surface area (Å²) < 4.78 is 0. The molecule has 5 heteroatoms. The molecule has 0 aromatic heterocycles. The number of rotatable bonds is 20. The maximum atomic E-state index is 9.00. The maximum absolute atomic E-state index is 9.00. The van der Waals surface area contributed by atoms with E-state index in [2.05, 4.69) is 57.7 Å². The van der Waals surface area contributed by atoms with Gasteiger partial charge in [0.1, 0.15) is 0 Å². The van der Waals surface area contributed by atoms with Crippen molar-refractivity contribution >= 4 is 12.1 Å². The van der Waals surface area contributed by atoms with Crippen LogP contribution in [0.15, 0.2) is 24.3 Å². The highest BCUT2D eigenvalue weighted by Crippen LogP contribution is 2.08. The van der Waals surface area contributed by atoms with Crippen molar-refractivity contribution in [3.8, 4) is 0 Å². The summed E-state index contributed by atoms with van der Waals surface area (Å²) in [5, 5.41) is 14.6. The first-order valence-corrected chi connectivity index (χ1v) is 14.8. The summed E-state index contributed by atoms with van der Waals surface area (Å²) in [5.74, 6) is -0.833. The first kappa shape index (κ1) is 41.4. The lowest BCUT2D eigenvalue weighted by atomic mass is 10.1. The smallest absolute Gasteiger partial charge is 0.402 e. The molecule has 4 N–H and O–H groups in total. The lowest BCUT2D eigenvalue weighted by Gasteiger charge is -1.97. The van der Waals surface area contributed by atoms with Crippen LogP contribution < -0.4 is 5.73 Å². The van der Waals surface area contributed by atoms with Gasteiger partial charge >= 0.3 is 6.09 Å². The molecule has 5 nitrogen and oxygen atoms in total. The molecule has 0 bridgehead atoms. The van der Waals surface area contributed by atoms with Gasteiger partial charge in [0.2, 0.25) is 0 Å². The van der Waals surface area contributed by atoms with Crippen molar-refractivity contribution in [1.82, 2.24) is 0 Å². The van der Waals surface area contributed by atoms with Crippen LogP contribution in [0.5, 0.6) is 0 Å². The third-order valence-electron chi connectivity index (χ3n) is 5.23. The Hall–Kier alpha value is -1.78. The highest BCUT2D eigenvalue weighted by molar-refractivity contribution is 5.63. The Morgan fingerprint density at radius 2 is 0.694 bits per heavy atom. The first-order chi connectivity index (χ1) is 17.3. The zero-order chi connectivity index (χ0) is 28.1. The molecule has 0 atom stereocenters. The molecule has 1 amide bonds. The third-order valence-corrected chi connectivity index (χ3v) is 5.23. The molecule has 0 heterocycles. The number of carboxylic acids is 1. The van der Waals surface area contributed by atoms with Crippen LogP contribution >= 0.6 is 0 Å². The summed E-state index contributed by atoms with van der Waals surface area (Å²) in [7, 11) is 0. The van der Waals surface area contributed by atoms with Gasteiger partial charge in [0.05, 0.1) is 0 Å². The lowest BCUT2D eigenvalue weighted by molar-refractivity contribution is -0.134. The van der Waals surface area contributed by atoms with Crippen molar-refractivity contribution in [3.05, 3.63) is 24.3 Å². The first-order valence-electron chi connectivity index (χ1n) is 14.8. The predicted molar refractivity (Wildman–Crippen MR) is 159 cm³/mol. The Morgan fingerprint density at radius 1 is 0.500 bits per heavy atom. The molecule has 0 aliphatic carbocycles. The number of aliphatic carboxylic acids is 1. The fourth-order valence-electron chi connectivity index (χ4n) is 3.20. The van der Waals surface area contributed by atoms with Crippen LogP contribution in [0.1, 0.15) is 163 Å². The van der Waals surface area contributed by atoms with Crippen LogP contribution in [-0.4, -0.2) is 22.3 Å². The number of carboxylic acid groups (broad SMARTS) is 2. The minimum atomic E-state index is -1.33. The zero-order valence-electron chi connectivity index (χ0n) is 24.7. The molecule has 0 aliphatic rings. The average Bonchev–Trinajstić information content (AvgIpc) is 2.81. The third kappa shape index (κ3) is 76.8. The van der Waals surface area contributed by atoms with Crippen LogP contribution in [0.2, 0.25) is 0 Å². The molecule has 0 saturated carbocycles. The highest BCUT2D eigenvalue weighted by Gasteiger charge is 1.88. The van der Waals surface area contributed by atoms with E-state index < -0.39 is 12.1 Å². The minimum Gasteiger partial charge on any atom is -0.481 e. The summed E-state index contributed by atoms with van der Waals surface area (Å²) in [5.41, 5.74) is 4.03. The van der Waals surface area contributed by atoms with E-state index in [-0.39, 0.29) is 0 Å². The molecule has 0 radical (unpaired) electrons. The number of nitrogens with two attached hydrogens (primary N) is 1. The molecule has 0 aromatic carbocycles. The number of amides is 1. The highest BCUT2D eigenvalue weighted by atomic mass is 16.4. The Kier molecular flexibility index (Phi) is 49.7. The van der Waals surface area contributed by atoms with Crippen molar-refractivity contribution in [2.24, 2.45) is 5.73 Å². The Morgan fingerprint density at radius 3 is 0.944 bits per heavy atom. The predicted octanol–water partition coefficient (Wildman–Crippen LogP) is 10.7. The molecule has 0 aliphatic heterocycles. The van der Waals surface area contributed by atoms with Crippen molar-refractivity contribution in [2.45, 2.75) is 163 Å². The second-order valence-electron chi connectivity index (χ2n) is 9.20. The summed E-state index contributed by atoms with van der Waals surface area (Å²) >= 11 is 0. The molecule has 36 heavy (non-hydrogen) atoms. The largest absolute Gasteiger partial charge is 0.481 e. The van der Waals surface area contributed by atoms with Gasteiger partial charge in [-0.15, -0.1) is 0 Å². The summed E-state index contributed by atoms with van der Waals surface area (Å²) in [4.78, 5) is 17.8. The van der Waals surface area contributed by atoms with Gasteiger partial charge in [0.15, 0.2) is 0 Å². The van der Waals surface area contributed by atoms with Crippen molar-refractivity contribution in [2.75, 3.05) is 0 Å². The van der Waals surface area contributed by atoms with E-state index in [0.29, 0.717) is 0 Å². The van der Waals surface area contributed by atoms with Gasteiger partial charge in [-0.3, -0.25) is 4.79 Å². The quantitative estimate of drug-likeness (QED) is 0.111. The number of carbonyl (C=O) groups is 2. The average molecular weight is 514 g/mol. The number of hydrogen-bond donors (Lipinski definition) is 3. The van der Waals surface area contributed by atoms with Gasteiger partial charge in [-0.05, 0) is 38.5 Å². The standard InChI is InChI=1S/2C14H28.C2H4O2.CH3NO2/c2*1-3-5-7-9-11-13-14-12-10-8-6-4-2;1-2(3)4;2-1(3)4/h2*9,11H,3-8,10,12-14H2,1-2H3;1H3,(H,3,4);2H2,(H,3,4)/b2*11-9-;;. The van der Waals surface area contributed by atoms with E-state index in [4.69, 9.17) is 19.8 Å². The van der Waals surface area contributed by atoms with Gasteiger partial charge < -0.3 is 15.9 Å². The van der Waals surface area contributed by atoms with E-state index in [1.807, 2.05) is 0 Å². The molecule has 0 unspecified atom stereocenters. The second kappa shape index (κ2) is 43.3. The zero-order valence-corrected chi connectivity index (χ0v) is 24.7. The Labute approximate surface area is 225 Å². The second-order valence-corrected chi connectivity index (χ2v) is 9.20. The molecular weight excluding hydrogens is 450 g/mol. The number of primary amides is 1. The molecule has 0 spiro atoms. The van der Waals surface area contributed by atoms with Crippen LogP contribution in [0, 0.1) is 0 Å². The monoisotopic (exact) mass is 513 g/mol. The topological polar surface area (TPSA) is 101 Å². The van der Waals surface area contributed by atoms with Crippen LogP contribution in [-0.2, 0) is 4.79 Å². The van der Waals surface area contributed by atoms with Gasteiger partial charge in [0.25, 0.3) is 5.97 Å². The van der Waals surface area contributed by atoms with Crippen molar-refractivity contribution < 1.29 is 19.8 Å². The van der Waals surface area contributed by atoms with E-state index in [9.17, 15) is 0 Å². The molecular formula is C31H63NO4. The van der Waals surface area contributed by atoms with Crippen molar-refractivity contribution in [1.29, 1.82) is 0 Å². The fraction of sp³-hybridized carbons (Fsp3) is 0.806. The summed E-state index contributed by atoms with van der Waals surface area (Å²) in [6, 6.07) is 0. The van der Waals surface area contributed by atoms with Crippen LogP contribution in [0.25, 0.3) is 0 Å². The number of allylic oxidation sites excluding steroid dienone is 4. The van der Waals surface area contributed by atoms with Gasteiger partial charge in [-0.25, -0.2) is 4.79 Å². The number of hydrogen-bond acceptors (Lipinski definition) is 2. The van der Waals surface area contributed by atoms with Gasteiger partial charge in [0, 0.05) is 6.92 Å². The van der Waals surface area contributed by atoms with Crippen LogP contribution in [0.4, 0.5) is 4.79 Å². The SMILES string of the molecule is CC(=O)O.CCCC/C=C\CCCCCCCC.CCCC/C=C\CCCCCCCC.NC(=O)O. The van der Waals surface area contributed by atoms with E-state index >= 15 is 0 Å². The molecule has 0 saturated heterocycles. The van der Waals surface area contributed by atoms with Crippen LogP contribution in [0.3, 0.4) is 0 Å². The minimum absolute atomic E-state index is 0.833. The molecule has 0 aromatic rings. The fourth-order valence-corrected chi connectivity index (χ4v) is 3.20. The van der Waals surface area contributed by atoms with Gasteiger partial charge in [-0.1, -0.05) is 142 Å². The molecule has 216 valence electrons. The Bertz CT molecular complexity index is 411. The molecule has 0 rings (SSSR count). The van der Waals surface area contributed by atoms with Gasteiger partial charge in [-0.2, -0.15) is 0 Å². The van der Waals surface area contributed by atoms with E-state index in [1.54, 1.807) is 0 Å². The van der Waals surface area contributed by atoms with E-state index in [1.165, 1.54) is 128 Å². The normalized spacial score (nSPS) is 10.1. The number of unbranched alkanes of at least 4 members (excludes halogenated alkanes) is 16. The van der Waals surface area contributed by atoms with Crippen molar-refractivity contribution in [3.63, 3.8) is 0 Å². The maximum Gasteiger partial charge on any atom is 0.402 e. The summed E-state index contributed by atoms with van der Waals surface area (Å²) in [6.45, 7) is 10.1. The lowest BCUT2D eigenvalue weighted by Crippen LogP contribution is -2.03. The van der Waals surface area contributed by atoms with E-state index in [0.717, 1.165) is 6.92 Å². The Balaban J connectivity index is -0.000000219. The molecule has 0 fully saturated rings.